The van der Waals surface area contributed by atoms with E-state index in [-0.39, 0.29) is 0 Å². The number of aryl methyl sites for hydroxylation is 1. The Bertz CT molecular complexity index is 1150. The Morgan fingerprint density at radius 1 is 1.03 bits per heavy atom. The third-order valence-electron chi connectivity index (χ3n) is 4.82. The number of methoxy groups -OCH3 is 2. The molecule has 0 aliphatic heterocycles. The number of ether oxygens (including phenoxy) is 2. The standard InChI is InChI=1S/C23H24N4O2S/c1-28-19-9-10-22(29-2)20(15-19)21-16-30-23(25-18-7-4-3-5-8-18)27(21)13-6-12-26-14-11-24-17-26/h3-5,7-11,14-17H,6,12-13H2,1-2H3. The fourth-order valence-corrected chi connectivity index (χ4v) is 4.25. The lowest BCUT2D eigenvalue weighted by Gasteiger charge is -2.14. The molecule has 0 N–H and O–H groups in total. The molecule has 0 saturated heterocycles. The molecule has 4 aromatic rings. The van der Waals surface area contributed by atoms with E-state index in [4.69, 9.17) is 14.5 Å². The van der Waals surface area contributed by atoms with Gasteiger partial charge in [-0.1, -0.05) is 18.2 Å². The molecule has 6 nitrogen and oxygen atoms in total. The topological polar surface area (TPSA) is 53.6 Å². The van der Waals surface area contributed by atoms with Crippen LogP contribution >= 0.6 is 11.3 Å². The number of hydrogen-bond acceptors (Lipinski definition) is 5. The molecule has 0 spiro atoms. The molecule has 0 aliphatic carbocycles. The molecule has 30 heavy (non-hydrogen) atoms. The molecular formula is C23H24N4O2S. The molecule has 154 valence electrons. The summed E-state index contributed by atoms with van der Waals surface area (Å²) in [6, 6.07) is 15.9. The SMILES string of the molecule is COc1ccc(OC)c(-c2csc(=Nc3ccccc3)n2CCCn2ccnc2)c1. The third kappa shape index (κ3) is 4.46. The highest BCUT2D eigenvalue weighted by Crippen LogP contribution is 2.34. The van der Waals surface area contributed by atoms with Crippen molar-refractivity contribution in [3.63, 3.8) is 0 Å². The van der Waals surface area contributed by atoms with E-state index in [1.807, 2.05) is 61.1 Å². The molecule has 4 rings (SSSR count). The summed E-state index contributed by atoms with van der Waals surface area (Å²) >= 11 is 1.63. The van der Waals surface area contributed by atoms with Gasteiger partial charge >= 0.3 is 0 Å². The van der Waals surface area contributed by atoms with Gasteiger partial charge in [0, 0.05) is 36.4 Å². The van der Waals surface area contributed by atoms with E-state index in [1.165, 1.54) is 0 Å². The zero-order valence-electron chi connectivity index (χ0n) is 17.1. The minimum atomic E-state index is 0.795. The monoisotopic (exact) mass is 420 g/mol. The van der Waals surface area contributed by atoms with Crippen molar-refractivity contribution in [2.75, 3.05) is 14.2 Å². The van der Waals surface area contributed by atoms with Crippen molar-refractivity contribution < 1.29 is 9.47 Å². The summed E-state index contributed by atoms with van der Waals surface area (Å²) in [5.74, 6) is 1.60. The summed E-state index contributed by atoms with van der Waals surface area (Å²) in [4.78, 5) is 9.97. The van der Waals surface area contributed by atoms with Gasteiger partial charge in [-0.3, -0.25) is 0 Å². The molecule has 7 heteroatoms. The molecule has 2 heterocycles. The minimum absolute atomic E-state index is 0.795. The van der Waals surface area contributed by atoms with Crippen molar-refractivity contribution in [3.05, 3.63) is 77.4 Å². The van der Waals surface area contributed by atoms with Gasteiger partial charge in [-0.25, -0.2) is 9.98 Å². The van der Waals surface area contributed by atoms with E-state index in [1.54, 1.807) is 31.8 Å². The molecule has 0 saturated carbocycles. The van der Waals surface area contributed by atoms with Crippen molar-refractivity contribution in [1.82, 2.24) is 14.1 Å². The number of benzene rings is 2. The Balaban J connectivity index is 1.76. The zero-order valence-corrected chi connectivity index (χ0v) is 17.9. The molecule has 0 aliphatic rings. The molecular weight excluding hydrogens is 396 g/mol. The first-order valence-electron chi connectivity index (χ1n) is 9.74. The second-order valence-corrected chi connectivity index (χ2v) is 7.56. The van der Waals surface area contributed by atoms with Crippen LogP contribution in [-0.2, 0) is 13.1 Å². The lowest BCUT2D eigenvalue weighted by atomic mass is 10.1. The van der Waals surface area contributed by atoms with Crippen LogP contribution in [0.1, 0.15) is 6.42 Å². The van der Waals surface area contributed by atoms with E-state index in [9.17, 15) is 0 Å². The lowest BCUT2D eigenvalue weighted by Crippen LogP contribution is -2.17. The maximum atomic E-state index is 5.64. The zero-order chi connectivity index (χ0) is 20.8. The van der Waals surface area contributed by atoms with Crippen molar-refractivity contribution in [1.29, 1.82) is 0 Å². The summed E-state index contributed by atoms with van der Waals surface area (Å²) in [5.41, 5.74) is 2.99. The van der Waals surface area contributed by atoms with Gasteiger partial charge in [0.25, 0.3) is 0 Å². The van der Waals surface area contributed by atoms with Crippen LogP contribution in [0.25, 0.3) is 11.3 Å². The normalized spacial score (nSPS) is 11.6. The fraction of sp³-hybridized carbons (Fsp3) is 0.217. The van der Waals surface area contributed by atoms with Gasteiger partial charge in [0.15, 0.2) is 4.80 Å². The largest absolute Gasteiger partial charge is 0.497 e. The Morgan fingerprint density at radius 2 is 1.90 bits per heavy atom. The van der Waals surface area contributed by atoms with Crippen molar-refractivity contribution >= 4 is 17.0 Å². The Hall–Kier alpha value is -3.32. The number of rotatable bonds is 8. The van der Waals surface area contributed by atoms with E-state index >= 15 is 0 Å². The van der Waals surface area contributed by atoms with Gasteiger partial charge in [-0.2, -0.15) is 0 Å². The molecule has 0 amide bonds. The number of nitrogens with zero attached hydrogens (tertiary/aromatic N) is 4. The average Bonchev–Trinajstić information content (AvgIpc) is 3.44. The Kier molecular flexibility index (Phi) is 6.29. The molecule has 2 aromatic heterocycles. The van der Waals surface area contributed by atoms with Crippen molar-refractivity contribution in [3.8, 4) is 22.8 Å². The van der Waals surface area contributed by atoms with Gasteiger partial charge in [0.1, 0.15) is 11.5 Å². The van der Waals surface area contributed by atoms with Gasteiger partial charge in [0.05, 0.1) is 31.9 Å². The first kappa shape index (κ1) is 20.0. The number of hydrogen-bond donors (Lipinski definition) is 0. The molecule has 0 radical (unpaired) electrons. The first-order chi connectivity index (χ1) is 14.8. The maximum Gasteiger partial charge on any atom is 0.190 e. The predicted molar refractivity (Wildman–Crippen MR) is 119 cm³/mol. The van der Waals surface area contributed by atoms with Gasteiger partial charge in [-0.15, -0.1) is 11.3 Å². The third-order valence-corrected chi connectivity index (χ3v) is 5.68. The molecule has 2 aromatic carbocycles. The van der Waals surface area contributed by atoms with Crippen LogP contribution in [0.4, 0.5) is 5.69 Å². The quantitative estimate of drug-likeness (QED) is 0.413. The van der Waals surface area contributed by atoms with E-state index in [0.717, 1.165) is 52.8 Å². The van der Waals surface area contributed by atoms with Crippen molar-refractivity contribution in [2.45, 2.75) is 19.5 Å². The fourth-order valence-electron chi connectivity index (χ4n) is 3.31. The van der Waals surface area contributed by atoms with E-state index in [2.05, 4.69) is 19.5 Å². The summed E-state index contributed by atoms with van der Waals surface area (Å²) < 4.78 is 15.4. The minimum Gasteiger partial charge on any atom is -0.497 e. The first-order valence-corrected chi connectivity index (χ1v) is 10.6. The van der Waals surface area contributed by atoms with Crippen molar-refractivity contribution in [2.24, 2.45) is 4.99 Å². The highest BCUT2D eigenvalue weighted by atomic mass is 32.1. The lowest BCUT2D eigenvalue weighted by molar-refractivity contribution is 0.404. The smallest absolute Gasteiger partial charge is 0.190 e. The number of aromatic nitrogens is 3. The Labute approximate surface area is 179 Å². The van der Waals surface area contributed by atoms with Crippen LogP contribution in [0.5, 0.6) is 11.5 Å². The highest BCUT2D eigenvalue weighted by Gasteiger charge is 2.14. The Morgan fingerprint density at radius 3 is 2.63 bits per heavy atom. The maximum absolute atomic E-state index is 5.64. The van der Waals surface area contributed by atoms with Gasteiger partial charge < -0.3 is 18.6 Å². The summed E-state index contributed by atoms with van der Waals surface area (Å²) in [6.45, 7) is 1.71. The van der Waals surface area contributed by atoms with Gasteiger partial charge in [-0.05, 0) is 36.8 Å². The molecule has 0 unspecified atom stereocenters. The number of para-hydroxylation sites is 1. The van der Waals surface area contributed by atoms with E-state index < -0.39 is 0 Å². The molecule has 0 fully saturated rings. The van der Waals surface area contributed by atoms with Crippen LogP contribution in [-0.4, -0.2) is 28.3 Å². The van der Waals surface area contributed by atoms with Crippen LogP contribution in [0.3, 0.4) is 0 Å². The van der Waals surface area contributed by atoms with E-state index in [0.29, 0.717) is 0 Å². The van der Waals surface area contributed by atoms with Crippen LogP contribution in [0.2, 0.25) is 0 Å². The molecule has 0 atom stereocenters. The predicted octanol–water partition coefficient (Wildman–Crippen LogP) is 4.75. The highest BCUT2D eigenvalue weighted by molar-refractivity contribution is 7.07. The summed E-state index contributed by atoms with van der Waals surface area (Å²) in [6.07, 6.45) is 6.59. The summed E-state index contributed by atoms with van der Waals surface area (Å²) in [7, 11) is 3.37. The van der Waals surface area contributed by atoms with Gasteiger partial charge in [0.2, 0.25) is 0 Å². The molecule has 0 bridgehead atoms. The number of imidazole rings is 1. The number of thiazole rings is 1. The second kappa shape index (κ2) is 9.45. The average molecular weight is 421 g/mol. The summed E-state index contributed by atoms with van der Waals surface area (Å²) in [5, 5.41) is 2.14. The van der Waals surface area contributed by atoms with Crippen LogP contribution in [0.15, 0.2) is 77.6 Å². The van der Waals surface area contributed by atoms with Crippen LogP contribution in [0, 0.1) is 0 Å². The second-order valence-electron chi connectivity index (χ2n) is 6.72. The van der Waals surface area contributed by atoms with Crippen LogP contribution < -0.4 is 14.3 Å².